The van der Waals surface area contributed by atoms with Gasteiger partial charge in [0.25, 0.3) is 0 Å². The molecule has 0 aromatic carbocycles. The molecule has 2 aliphatic rings. The largest absolute Gasteiger partial charge is 0.370 e. The van der Waals surface area contributed by atoms with Crippen molar-refractivity contribution in [3.8, 4) is 0 Å². The molecule has 2 N–H and O–H groups in total. The second-order valence-corrected chi connectivity index (χ2v) is 9.35. The number of carbonyl (C=O) groups is 2. The predicted molar refractivity (Wildman–Crippen MR) is 140 cm³/mol. The van der Waals surface area contributed by atoms with Crippen LogP contribution in [0.15, 0.2) is 11.8 Å². The van der Waals surface area contributed by atoms with Gasteiger partial charge in [-0.2, -0.15) is 0 Å². The molecule has 33 heavy (non-hydrogen) atoms. The summed E-state index contributed by atoms with van der Waals surface area (Å²) in [5.74, 6) is 1.02. The van der Waals surface area contributed by atoms with Crippen LogP contribution in [0.1, 0.15) is 105 Å². The van der Waals surface area contributed by atoms with Crippen LogP contribution in [0.4, 0.5) is 0 Å². The van der Waals surface area contributed by atoms with Crippen LogP contribution in [-0.4, -0.2) is 60.1 Å². The summed E-state index contributed by atoms with van der Waals surface area (Å²) in [6, 6.07) is 0. The third-order valence-electron chi connectivity index (χ3n) is 6.22. The summed E-state index contributed by atoms with van der Waals surface area (Å²) in [7, 11) is 1.84. The summed E-state index contributed by atoms with van der Waals surface area (Å²) in [6.45, 7) is 10.4. The zero-order chi connectivity index (χ0) is 25.1. The van der Waals surface area contributed by atoms with E-state index in [0.29, 0.717) is 12.1 Å². The number of hydrogen-bond donors (Lipinski definition) is 2. The maximum atomic E-state index is 11.0. The van der Waals surface area contributed by atoms with E-state index in [9.17, 15) is 9.59 Å². The van der Waals surface area contributed by atoms with E-state index in [1.165, 1.54) is 70.6 Å². The Labute approximate surface area is 203 Å². The minimum Gasteiger partial charge on any atom is -0.370 e. The molecule has 0 bridgehead atoms. The van der Waals surface area contributed by atoms with Crippen molar-refractivity contribution >= 4 is 23.6 Å². The lowest BCUT2D eigenvalue weighted by Gasteiger charge is -2.27. The van der Waals surface area contributed by atoms with Crippen LogP contribution >= 0.6 is 0 Å². The zero-order valence-corrected chi connectivity index (χ0v) is 22.0. The molecule has 0 unspecified atom stereocenters. The number of hydrogen-bond acceptors (Lipinski definition) is 5. The first kappa shape index (κ1) is 31.0. The Balaban J connectivity index is 0.000000533. The average molecular weight is 463 g/mol. The highest BCUT2D eigenvalue weighted by Gasteiger charge is 2.11. The van der Waals surface area contributed by atoms with E-state index in [4.69, 9.17) is 10.8 Å². The van der Waals surface area contributed by atoms with E-state index < -0.39 is 0 Å². The van der Waals surface area contributed by atoms with Crippen LogP contribution in [0.3, 0.4) is 0 Å². The molecule has 0 atom stereocenters. The van der Waals surface area contributed by atoms with E-state index >= 15 is 0 Å². The molecule has 1 aliphatic carbocycles. The summed E-state index contributed by atoms with van der Waals surface area (Å²) >= 11 is 0. The van der Waals surface area contributed by atoms with Crippen LogP contribution in [0.5, 0.6) is 0 Å². The molecule has 1 amide bonds. The van der Waals surface area contributed by atoms with Crippen molar-refractivity contribution in [2.75, 3.05) is 26.7 Å². The fraction of sp³-hybridized carbons (Fsp3) is 0.778. The molecule has 1 saturated heterocycles. The Morgan fingerprint density at radius 2 is 1.48 bits per heavy atom. The van der Waals surface area contributed by atoms with Gasteiger partial charge in [0.05, 0.1) is 11.4 Å². The smallest absolute Gasteiger partial charge is 0.222 e. The van der Waals surface area contributed by atoms with Gasteiger partial charge in [-0.3, -0.25) is 15.0 Å². The van der Waals surface area contributed by atoms with Gasteiger partial charge in [0.1, 0.15) is 0 Å². The van der Waals surface area contributed by atoms with Gasteiger partial charge >= 0.3 is 0 Å². The Kier molecular flexibility index (Phi) is 18.3. The molecule has 0 aromatic rings. The second kappa shape index (κ2) is 19.5. The molecule has 2 fully saturated rings. The lowest BCUT2D eigenvalue weighted by molar-refractivity contribution is -0.129. The third-order valence-corrected chi connectivity index (χ3v) is 6.22. The highest BCUT2D eigenvalue weighted by Crippen LogP contribution is 2.22. The fourth-order valence-corrected chi connectivity index (χ4v) is 4.02. The fourth-order valence-electron chi connectivity index (χ4n) is 4.02. The van der Waals surface area contributed by atoms with Gasteiger partial charge in [0.2, 0.25) is 5.91 Å². The van der Waals surface area contributed by atoms with Gasteiger partial charge in [-0.1, -0.05) is 72.1 Å². The molecule has 1 heterocycles. The van der Waals surface area contributed by atoms with Crippen LogP contribution in [0.2, 0.25) is 0 Å². The number of allylic oxidation sites excluding steroid dienone is 2. The van der Waals surface area contributed by atoms with E-state index in [0.717, 1.165) is 44.8 Å². The molecule has 190 valence electrons. The van der Waals surface area contributed by atoms with Crippen LogP contribution in [0, 0.1) is 16.7 Å². The Bertz CT molecular complexity index is 601. The highest BCUT2D eigenvalue weighted by atomic mass is 16.2. The summed E-state index contributed by atoms with van der Waals surface area (Å²) in [6.07, 6.45) is 17.9. The number of amides is 1. The molecular formula is C27H50N4O2. The van der Waals surface area contributed by atoms with Gasteiger partial charge in [0.15, 0.2) is 5.78 Å². The number of ketones is 1. The summed E-state index contributed by atoms with van der Waals surface area (Å²) in [5, 5.41) is 15.0. The number of nitrogens with one attached hydrogen (secondary N) is 2. The van der Waals surface area contributed by atoms with Crippen molar-refractivity contribution in [1.82, 2.24) is 9.80 Å². The Morgan fingerprint density at radius 1 is 0.970 bits per heavy atom. The summed E-state index contributed by atoms with van der Waals surface area (Å²) in [4.78, 5) is 25.7. The van der Waals surface area contributed by atoms with E-state index in [2.05, 4.69) is 18.7 Å². The molecule has 0 spiro atoms. The summed E-state index contributed by atoms with van der Waals surface area (Å²) < 4.78 is 0. The van der Waals surface area contributed by atoms with Crippen molar-refractivity contribution in [2.24, 2.45) is 5.92 Å². The first-order valence-electron chi connectivity index (χ1n) is 13.1. The first-order chi connectivity index (χ1) is 15.8. The quantitative estimate of drug-likeness (QED) is 0.438. The second-order valence-electron chi connectivity index (χ2n) is 9.35. The van der Waals surface area contributed by atoms with Crippen LogP contribution in [0.25, 0.3) is 0 Å². The first-order valence-corrected chi connectivity index (χ1v) is 13.1. The lowest BCUT2D eigenvalue weighted by Crippen LogP contribution is -2.28. The van der Waals surface area contributed by atoms with Crippen molar-refractivity contribution in [3.05, 3.63) is 11.8 Å². The molecule has 1 saturated carbocycles. The molecule has 2 rings (SSSR count). The maximum Gasteiger partial charge on any atom is 0.222 e. The maximum absolute atomic E-state index is 11.0. The van der Waals surface area contributed by atoms with E-state index in [-0.39, 0.29) is 17.4 Å². The van der Waals surface area contributed by atoms with E-state index in [1.54, 1.807) is 4.90 Å². The van der Waals surface area contributed by atoms with Gasteiger partial charge in [-0.25, -0.2) is 0 Å². The molecule has 6 heteroatoms. The number of carbonyl (C=O) groups excluding carboxylic acids is 2. The van der Waals surface area contributed by atoms with Crippen molar-refractivity contribution < 1.29 is 9.59 Å². The zero-order valence-electron chi connectivity index (χ0n) is 22.0. The van der Waals surface area contributed by atoms with Gasteiger partial charge in [-0.15, -0.1) is 0 Å². The van der Waals surface area contributed by atoms with Gasteiger partial charge in [-0.05, 0) is 31.3 Å². The number of likely N-dealkylation sites (tertiary alicyclic amines) is 1. The molecular weight excluding hydrogens is 412 g/mol. The van der Waals surface area contributed by atoms with Crippen molar-refractivity contribution in [1.29, 1.82) is 10.8 Å². The minimum absolute atomic E-state index is 0.0226. The minimum atomic E-state index is -0.253. The van der Waals surface area contributed by atoms with Crippen molar-refractivity contribution in [3.63, 3.8) is 0 Å². The third kappa shape index (κ3) is 15.5. The number of rotatable bonds is 7. The Morgan fingerprint density at radius 3 is 1.88 bits per heavy atom. The monoisotopic (exact) mass is 462 g/mol. The standard InChI is InChI=1S/C13H21N3O.C7H15NO.C7H14/c1-11(17)13(15)9-12(10-14)16-7-5-3-2-4-6-8-16;1-4-6-8(3)7(9)5-2;1-7-5-3-2-4-6-7/h9-10,14-15H,2-8H2,1H3;4-6H2,1-3H3;7H,2-6H2,1H3/b12-9+,14-10?,15-13?;;. The molecule has 0 aromatic heterocycles. The van der Waals surface area contributed by atoms with Gasteiger partial charge in [0, 0.05) is 46.2 Å². The molecule has 0 radical (unpaired) electrons. The molecule has 6 nitrogen and oxygen atoms in total. The Hall–Kier alpha value is -1.98. The lowest BCUT2D eigenvalue weighted by atomic mass is 9.91. The summed E-state index contributed by atoms with van der Waals surface area (Å²) in [5.41, 5.74) is 0.664. The highest BCUT2D eigenvalue weighted by molar-refractivity contribution is 6.42. The van der Waals surface area contributed by atoms with Crippen LogP contribution in [-0.2, 0) is 9.59 Å². The normalized spacial score (nSPS) is 17.2. The SMILES string of the molecule is CC(=O)C(=N)/C=C(\C=N)N1CCCCCCC1.CC1CCCCC1.CCCN(C)C(=O)CC. The molecule has 1 aliphatic heterocycles. The van der Waals surface area contributed by atoms with Crippen LogP contribution < -0.4 is 0 Å². The van der Waals surface area contributed by atoms with Crippen molar-refractivity contribution in [2.45, 2.75) is 105 Å². The number of Topliss-reactive ketones (excluding diaryl/α,β-unsaturated/α-hetero) is 1. The number of nitrogens with zero attached hydrogens (tertiary/aromatic N) is 2. The average Bonchev–Trinajstić information content (AvgIpc) is 2.78. The predicted octanol–water partition coefficient (Wildman–Crippen LogP) is 6.25. The topological polar surface area (TPSA) is 88.3 Å². The van der Waals surface area contributed by atoms with E-state index in [1.807, 2.05) is 14.0 Å². The van der Waals surface area contributed by atoms with Gasteiger partial charge < -0.3 is 15.2 Å².